The Morgan fingerprint density at radius 1 is 1.03 bits per heavy atom. The number of carbonyl (C=O) groups excluding carboxylic acids is 3. The van der Waals surface area contributed by atoms with Crippen molar-refractivity contribution < 1.29 is 23.5 Å². The van der Waals surface area contributed by atoms with E-state index in [9.17, 15) is 18.8 Å². The summed E-state index contributed by atoms with van der Waals surface area (Å²) in [5.41, 5.74) is 1.73. The Hall–Kier alpha value is -3.81. The molecule has 1 heterocycles. The number of esters is 1. The van der Waals surface area contributed by atoms with Gasteiger partial charge in [0.05, 0.1) is 17.8 Å². The Balaban J connectivity index is 1.51. The number of hydrogen-bond donors (Lipinski definition) is 1. The fourth-order valence-corrected chi connectivity index (χ4v) is 2.75. The lowest BCUT2D eigenvalue weighted by Crippen LogP contribution is -2.22. The predicted octanol–water partition coefficient (Wildman–Crippen LogP) is 3.46. The maximum atomic E-state index is 13.1. The van der Waals surface area contributed by atoms with Crippen LogP contribution in [0.25, 0.3) is 5.69 Å². The van der Waals surface area contributed by atoms with Crippen molar-refractivity contribution in [2.45, 2.75) is 19.8 Å². The molecule has 0 spiro atoms. The molecule has 1 aromatic heterocycles. The minimum Gasteiger partial charge on any atom is -0.456 e. The third kappa shape index (κ3) is 5.60. The van der Waals surface area contributed by atoms with Gasteiger partial charge in [0.2, 0.25) is 0 Å². The number of nitrogens with zero attached hydrogens (tertiary/aromatic N) is 2. The molecule has 1 N–H and O–H groups in total. The number of anilines is 1. The number of aryl methyl sites for hydroxylation is 1. The molecule has 0 saturated carbocycles. The van der Waals surface area contributed by atoms with Gasteiger partial charge in [0, 0.05) is 18.1 Å². The number of nitrogens with one attached hydrogen (secondary N) is 1. The minimum absolute atomic E-state index is 0.000990. The van der Waals surface area contributed by atoms with E-state index in [1.807, 2.05) is 0 Å². The summed E-state index contributed by atoms with van der Waals surface area (Å²) in [6.07, 6.45) is -0.116. The Kier molecular flexibility index (Phi) is 6.69. The maximum Gasteiger partial charge on any atom is 0.306 e. The van der Waals surface area contributed by atoms with E-state index in [-0.39, 0.29) is 24.4 Å². The van der Waals surface area contributed by atoms with Crippen LogP contribution in [0.15, 0.2) is 60.7 Å². The number of carbonyl (C=O) groups is 3. The lowest BCUT2D eigenvalue weighted by atomic mass is 10.1. The molecule has 30 heavy (non-hydrogen) atoms. The van der Waals surface area contributed by atoms with Crippen LogP contribution in [-0.2, 0) is 14.3 Å². The molecule has 0 unspecified atom stereocenters. The third-order valence-electron chi connectivity index (χ3n) is 4.19. The molecular weight excluding hydrogens is 389 g/mol. The van der Waals surface area contributed by atoms with E-state index >= 15 is 0 Å². The van der Waals surface area contributed by atoms with Crippen LogP contribution in [0.2, 0.25) is 0 Å². The van der Waals surface area contributed by atoms with Gasteiger partial charge in [-0.1, -0.05) is 30.3 Å². The molecule has 0 aliphatic heterocycles. The summed E-state index contributed by atoms with van der Waals surface area (Å²) < 4.78 is 19.5. The molecule has 0 aliphatic carbocycles. The van der Waals surface area contributed by atoms with Gasteiger partial charge in [-0.3, -0.25) is 14.4 Å². The summed E-state index contributed by atoms with van der Waals surface area (Å²) in [6, 6.07) is 15.9. The quantitative estimate of drug-likeness (QED) is 0.455. The standard InChI is InChI=1S/C22H20FN3O4/c1-15-13-20(26(25-15)18-9-7-17(23)8-10-18)24-21(28)14-30-22(29)12-11-19(27)16-5-3-2-4-6-16/h2-10,13H,11-12,14H2,1H3,(H,24,28). The minimum atomic E-state index is -0.641. The number of ether oxygens (including phenoxy) is 1. The van der Waals surface area contributed by atoms with Crippen LogP contribution in [0, 0.1) is 12.7 Å². The van der Waals surface area contributed by atoms with Gasteiger partial charge in [-0.25, -0.2) is 9.07 Å². The predicted molar refractivity (Wildman–Crippen MR) is 108 cm³/mol. The molecule has 8 heteroatoms. The van der Waals surface area contributed by atoms with Crippen LogP contribution in [0.1, 0.15) is 28.9 Å². The number of rotatable bonds is 8. The molecule has 0 saturated heterocycles. The first-order valence-corrected chi connectivity index (χ1v) is 9.29. The lowest BCUT2D eigenvalue weighted by molar-refractivity contribution is -0.147. The first-order valence-electron chi connectivity index (χ1n) is 9.29. The second kappa shape index (κ2) is 9.60. The van der Waals surface area contributed by atoms with Gasteiger partial charge < -0.3 is 10.1 Å². The van der Waals surface area contributed by atoms with Crippen molar-refractivity contribution in [1.29, 1.82) is 0 Å². The first kappa shape index (κ1) is 20.9. The van der Waals surface area contributed by atoms with Crippen molar-refractivity contribution in [3.05, 3.63) is 77.7 Å². The summed E-state index contributed by atoms with van der Waals surface area (Å²) in [5, 5.41) is 6.88. The summed E-state index contributed by atoms with van der Waals surface area (Å²) in [7, 11) is 0. The van der Waals surface area contributed by atoms with E-state index in [0.717, 1.165) is 0 Å². The van der Waals surface area contributed by atoms with E-state index in [1.54, 1.807) is 43.3 Å². The summed E-state index contributed by atoms with van der Waals surface area (Å²) in [4.78, 5) is 36.0. The van der Waals surface area contributed by atoms with E-state index in [0.29, 0.717) is 22.8 Å². The van der Waals surface area contributed by atoms with E-state index < -0.39 is 18.5 Å². The molecule has 0 aliphatic rings. The Bertz CT molecular complexity index is 1050. The molecule has 2 aromatic carbocycles. The topological polar surface area (TPSA) is 90.3 Å². The highest BCUT2D eigenvalue weighted by molar-refractivity contribution is 5.97. The van der Waals surface area contributed by atoms with Crippen LogP contribution in [-0.4, -0.2) is 34.0 Å². The zero-order valence-corrected chi connectivity index (χ0v) is 16.3. The van der Waals surface area contributed by atoms with Crippen LogP contribution in [0.5, 0.6) is 0 Å². The lowest BCUT2D eigenvalue weighted by Gasteiger charge is -2.09. The normalized spacial score (nSPS) is 10.5. The maximum absolute atomic E-state index is 13.1. The molecule has 3 aromatic rings. The SMILES string of the molecule is Cc1cc(NC(=O)COC(=O)CCC(=O)c2ccccc2)n(-c2ccc(F)cc2)n1. The molecule has 1 amide bonds. The van der Waals surface area contributed by atoms with Gasteiger partial charge in [0.1, 0.15) is 11.6 Å². The van der Waals surface area contributed by atoms with Crippen molar-refractivity contribution in [3.8, 4) is 5.69 Å². The summed E-state index contributed by atoms with van der Waals surface area (Å²) in [6.45, 7) is 1.26. The molecule has 0 atom stereocenters. The van der Waals surface area contributed by atoms with Crippen molar-refractivity contribution in [3.63, 3.8) is 0 Å². The van der Waals surface area contributed by atoms with Crippen LogP contribution in [0.4, 0.5) is 10.2 Å². The number of ketones is 1. The van der Waals surface area contributed by atoms with Gasteiger partial charge >= 0.3 is 5.97 Å². The van der Waals surface area contributed by atoms with Gasteiger partial charge in [0.15, 0.2) is 12.4 Å². The Morgan fingerprint density at radius 3 is 2.43 bits per heavy atom. The highest BCUT2D eigenvalue weighted by Gasteiger charge is 2.14. The molecule has 3 rings (SSSR count). The Labute approximate surface area is 172 Å². The van der Waals surface area contributed by atoms with Gasteiger partial charge in [-0.2, -0.15) is 5.10 Å². The zero-order valence-electron chi connectivity index (χ0n) is 16.3. The highest BCUT2D eigenvalue weighted by atomic mass is 19.1. The molecule has 0 fully saturated rings. The van der Waals surface area contributed by atoms with Gasteiger partial charge in [-0.05, 0) is 31.2 Å². The number of Topliss-reactive ketones (excluding diaryl/α,β-unsaturated/α-hetero) is 1. The van der Waals surface area contributed by atoms with Gasteiger partial charge in [0.25, 0.3) is 5.91 Å². The van der Waals surface area contributed by atoms with E-state index in [4.69, 9.17) is 4.74 Å². The van der Waals surface area contributed by atoms with Crippen molar-refractivity contribution in [1.82, 2.24) is 9.78 Å². The van der Waals surface area contributed by atoms with Crippen LogP contribution < -0.4 is 5.32 Å². The largest absolute Gasteiger partial charge is 0.456 e. The molecule has 0 radical (unpaired) electrons. The monoisotopic (exact) mass is 409 g/mol. The van der Waals surface area contributed by atoms with Crippen molar-refractivity contribution in [2.75, 3.05) is 11.9 Å². The number of benzene rings is 2. The number of hydrogen-bond acceptors (Lipinski definition) is 5. The fourth-order valence-electron chi connectivity index (χ4n) is 2.75. The summed E-state index contributed by atoms with van der Waals surface area (Å²) >= 11 is 0. The number of amides is 1. The second-order valence-corrected chi connectivity index (χ2v) is 6.56. The molecule has 0 bridgehead atoms. The second-order valence-electron chi connectivity index (χ2n) is 6.56. The molecular formula is C22H20FN3O4. The third-order valence-corrected chi connectivity index (χ3v) is 4.19. The first-order chi connectivity index (χ1) is 14.4. The van der Waals surface area contributed by atoms with Gasteiger partial charge in [-0.15, -0.1) is 0 Å². The van der Waals surface area contributed by atoms with E-state index in [2.05, 4.69) is 10.4 Å². The van der Waals surface area contributed by atoms with Crippen molar-refractivity contribution in [2.24, 2.45) is 0 Å². The molecule has 7 nitrogen and oxygen atoms in total. The average molecular weight is 409 g/mol. The smallest absolute Gasteiger partial charge is 0.306 e. The number of aromatic nitrogens is 2. The van der Waals surface area contributed by atoms with Crippen LogP contribution in [0.3, 0.4) is 0 Å². The van der Waals surface area contributed by atoms with Crippen molar-refractivity contribution >= 4 is 23.5 Å². The summed E-state index contributed by atoms with van der Waals surface area (Å²) in [5.74, 6) is -1.39. The zero-order chi connectivity index (χ0) is 21.5. The molecule has 154 valence electrons. The Morgan fingerprint density at radius 2 is 1.73 bits per heavy atom. The number of halogens is 1. The highest BCUT2D eigenvalue weighted by Crippen LogP contribution is 2.17. The van der Waals surface area contributed by atoms with E-state index in [1.165, 1.54) is 28.9 Å². The fraction of sp³-hybridized carbons (Fsp3) is 0.182. The van der Waals surface area contributed by atoms with Crippen LogP contribution >= 0.6 is 0 Å². The average Bonchev–Trinajstić information content (AvgIpc) is 3.11.